The number of ether oxygens (including phenoxy) is 1. The number of Topliss-reactive ketones (excluding diaryl/α,β-unsaturated/α-hetero) is 1. The molecule has 0 radical (unpaired) electrons. The van der Waals surface area contributed by atoms with Crippen molar-refractivity contribution in [2.45, 2.75) is 44.7 Å². The molecule has 2 aromatic carbocycles. The Labute approximate surface area is 175 Å². The number of likely N-dealkylation sites (tertiary alicyclic amines) is 1. The summed E-state index contributed by atoms with van der Waals surface area (Å²) in [6, 6.07) is 10.9. The maximum Gasteiger partial charge on any atom is 0.295 e. The van der Waals surface area contributed by atoms with E-state index in [9.17, 15) is 19.8 Å². The van der Waals surface area contributed by atoms with E-state index in [1.54, 1.807) is 54.5 Å². The van der Waals surface area contributed by atoms with Crippen molar-refractivity contribution in [3.63, 3.8) is 0 Å². The van der Waals surface area contributed by atoms with Crippen LogP contribution < -0.4 is 4.74 Å². The van der Waals surface area contributed by atoms with Crippen LogP contribution in [-0.2, 0) is 9.59 Å². The number of aromatic hydroxyl groups is 1. The minimum absolute atomic E-state index is 0.0464. The smallest absolute Gasteiger partial charge is 0.295 e. The average Bonchev–Trinajstić information content (AvgIpc) is 3.34. The van der Waals surface area contributed by atoms with Crippen LogP contribution in [0.15, 0.2) is 48.0 Å². The minimum Gasteiger partial charge on any atom is -0.508 e. The second kappa shape index (κ2) is 7.86. The highest BCUT2D eigenvalue weighted by atomic mass is 16.5. The van der Waals surface area contributed by atoms with Crippen molar-refractivity contribution < 1.29 is 24.5 Å². The van der Waals surface area contributed by atoms with Crippen molar-refractivity contribution in [3.8, 4) is 11.5 Å². The van der Waals surface area contributed by atoms with Crippen molar-refractivity contribution in [2.24, 2.45) is 0 Å². The molecule has 0 bridgehead atoms. The Morgan fingerprint density at radius 2 is 1.83 bits per heavy atom. The van der Waals surface area contributed by atoms with Gasteiger partial charge in [-0.1, -0.05) is 25.0 Å². The number of benzene rings is 2. The lowest BCUT2D eigenvalue weighted by atomic mass is 9.93. The Balaban J connectivity index is 1.90. The van der Waals surface area contributed by atoms with Crippen molar-refractivity contribution in [2.75, 3.05) is 7.11 Å². The fourth-order valence-corrected chi connectivity index (χ4v) is 4.61. The van der Waals surface area contributed by atoms with Gasteiger partial charge in [-0.05, 0) is 61.2 Å². The van der Waals surface area contributed by atoms with E-state index in [1.807, 2.05) is 6.92 Å². The summed E-state index contributed by atoms with van der Waals surface area (Å²) in [5.74, 6) is -0.807. The number of methoxy groups -OCH3 is 1. The maximum atomic E-state index is 13.1. The van der Waals surface area contributed by atoms with E-state index in [0.29, 0.717) is 16.9 Å². The largest absolute Gasteiger partial charge is 0.508 e. The number of phenols is 1. The summed E-state index contributed by atoms with van der Waals surface area (Å²) in [7, 11) is 1.56. The zero-order valence-corrected chi connectivity index (χ0v) is 17.1. The molecule has 1 aliphatic carbocycles. The average molecular weight is 407 g/mol. The van der Waals surface area contributed by atoms with Crippen molar-refractivity contribution in [1.29, 1.82) is 0 Å². The lowest BCUT2D eigenvalue weighted by molar-refractivity contribution is -0.141. The Morgan fingerprint density at radius 1 is 1.10 bits per heavy atom. The first-order valence-corrected chi connectivity index (χ1v) is 10.2. The molecule has 30 heavy (non-hydrogen) atoms. The normalized spacial score (nSPS) is 21.4. The van der Waals surface area contributed by atoms with Crippen LogP contribution in [-0.4, -0.2) is 40.0 Å². The van der Waals surface area contributed by atoms with Crippen molar-refractivity contribution in [3.05, 3.63) is 64.7 Å². The number of phenolic OH excluding ortho intramolecular Hbond substituents is 1. The van der Waals surface area contributed by atoms with Gasteiger partial charge in [0.2, 0.25) is 0 Å². The number of hydrogen-bond donors (Lipinski definition) is 2. The van der Waals surface area contributed by atoms with Crippen LogP contribution in [0.4, 0.5) is 0 Å². The molecule has 2 aromatic rings. The van der Waals surface area contributed by atoms with E-state index >= 15 is 0 Å². The summed E-state index contributed by atoms with van der Waals surface area (Å²) in [4.78, 5) is 27.7. The number of amides is 1. The summed E-state index contributed by atoms with van der Waals surface area (Å²) in [6.45, 7) is 1.81. The highest BCUT2D eigenvalue weighted by molar-refractivity contribution is 6.46. The van der Waals surface area contributed by atoms with Crippen LogP contribution in [0.1, 0.15) is 48.4 Å². The molecule has 1 aliphatic heterocycles. The Bertz CT molecular complexity index is 1040. The Hall–Kier alpha value is -3.28. The second-order valence-corrected chi connectivity index (χ2v) is 7.92. The van der Waals surface area contributed by atoms with E-state index in [4.69, 9.17) is 4.74 Å². The third-order valence-electron chi connectivity index (χ3n) is 6.07. The standard InChI is InChI=1S/C24H25NO5/c1-14-12-18(30-2)10-11-19(14)22(27)20-21(15-6-5-9-17(26)13-15)25(24(29)23(20)28)16-7-3-4-8-16/h5-6,9-13,16,21,26-27H,3-4,7-8H2,1-2H3/b22-20-. The van der Waals surface area contributed by atoms with Crippen molar-refractivity contribution in [1.82, 2.24) is 4.90 Å². The minimum atomic E-state index is -0.735. The molecule has 156 valence electrons. The van der Waals surface area contributed by atoms with Gasteiger partial charge in [-0.15, -0.1) is 0 Å². The molecule has 2 N–H and O–H groups in total. The summed E-state index contributed by atoms with van der Waals surface area (Å²) < 4.78 is 5.23. The first kappa shape index (κ1) is 20.0. The molecule has 6 nitrogen and oxygen atoms in total. The van der Waals surface area contributed by atoms with Gasteiger partial charge in [-0.25, -0.2) is 0 Å². The van der Waals surface area contributed by atoms with Gasteiger partial charge in [0.05, 0.1) is 18.7 Å². The number of rotatable bonds is 4. The first-order valence-electron chi connectivity index (χ1n) is 10.2. The molecule has 1 heterocycles. The predicted octanol–water partition coefficient (Wildman–Crippen LogP) is 4.07. The quantitative estimate of drug-likeness (QED) is 0.453. The van der Waals surface area contributed by atoms with E-state index in [0.717, 1.165) is 31.2 Å². The molecule has 0 aromatic heterocycles. The molecule has 1 saturated carbocycles. The molecule has 2 fully saturated rings. The van der Waals surface area contributed by atoms with E-state index in [-0.39, 0.29) is 23.1 Å². The molecule has 1 atom stereocenters. The first-order chi connectivity index (χ1) is 14.4. The van der Waals surface area contributed by atoms with Gasteiger partial charge in [0.1, 0.15) is 17.3 Å². The number of aryl methyl sites for hydroxylation is 1. The zero-order chi connectivity index (χ0) is 21.4. The zero-order valence-electron chi connectivity index (χ0n) is 17.1. The lowest BCUT2D eigenvalue weighted by Gasteiger charge is -2.30. The highest BCUT2D eigenvalue weighted by Gasteiger charge is 2.49. The Kier molecular flexibility index (Phi) is 5.24. The van der Waals surface area contributed by atoms with Crippen LogP contribution in [0.5, 0.6) is 11.5 Å². The number of aliphatic hydroxyl groups excluding tert-OH is 1. The molecular weight excluding hydrogens is 382 g/mol. The van der Waals surface area contributed by atoms with E-state index < -0.39 is 17.7 Å². The monoisotopic (exact) mass is 407 g/mol. The van der Waals surface area contributed by atoms with Gasteiger partial charge in [0.15, 0.2) is 0 Å². The number of carbonyl (C=O) groups is 2. The fraction of sp³-hybridized carbons (Fsp3) is 0.333. The van der Waals surface area contributed by atoms with Crippen LogP contribution >= 0.6 is 0 Å². The Morgan fingerprint density at radius 3 is 2.47 bits per heavy atom. The van der Waals surface area contributed by atoms with Crippen molar-refractivity contribution >= 4 is 17.4 Å². The summed E-state index contributed by atoms with van der Waals surface area (Å²) in [5, 5.41) is 21.2. The predicted molar refractivity (Wildman–Crippen MR) is 112 cm³/mol. The maximum absolute atomic E-state index is 13.1. The summed E-state index contributed by atoms with van der Waals surface area (Å²) >= 11 is 0. The second-order valence-electron chi connectivity index (χ2n) is 7.92. The summed E-state index contributed by atoms with van der Waals surface area (Å²) in [5.41, 5.74) is 1.87. The van der Waals surface area contributed by atoms with Crippen LogP contribution in [0.2, 0.25) is 0 Å². The SMILES string of the molecule is COc1ccc(/C(O)=C2/C(=O)C(=O)N(C3CCCC3)C2c2cccc(O)c2)c(C)c1. The molecule has 1 saturated heterocycles. The van der Waals surface area contributed by atoms with Gasteiger partial charge in [0, 0.05) is 11.6 Å². The molecule has 1 amide bonds. The van der Waals surface area contributed by atoms with Gasteiger partial charge in [-0.2, -0.15) is 0 Å². The topological polar surface area (TPSA) is 87.1 Å². The fourth-order valence-electron chi connectivity index (χ4n) is 4.61. The number of hydrogen-bond acceptors (Lipinski definition) is 5. The third kappa shape index (κ3) is 3.32. The molecule has 4 rings (SSSR count). The third-order valence-corrected chi connectivity index (χ3v) is 6.07. The van der Waals surface area contributed by atoms with Gasteiger partial charge >= 0.3 is 0 Å². The number of ketones is 1. The molecule has 0 spiro atoms. The number of aliphatic hydroxyl groups is 1. The highest BCUT2D eigenvalue weighted by Crippen LogP contribution is 2.44. The molecule has 6 heteroatoms. The number of nitrogens with zero attached hydrogens (tertiary/aromatic N) is 1. The van der Waals surface area contributed by atoms with Crippen LogP contribution in [0.3, 0.4) is 0 Å². The summed E-state index contributed by atoms with van der Waals surface area (Å²) in [6.07, 6.45) is 3.64. The van der Waals surface area contributed by atoms with Gasteiger partial charge in [0.25, 0.3) is 11.7 Å². The lowest BCUT2D eigenvalue weighted by Crippen LogP contribution is -2.37. The van der Waals surface area contributed by atoms with Gasteiger partial charge in [-0.3, -0.25) is 9.59 Å². The van der Waals surface area contributed by atoms with Crippen LogP contribution in [0.25, 0.3) is 5.76 Å². The van der Waals surface area contributed by atoms with E-state index in [2.05, 4.69) is 0 Å². The van der Waals surface area contributed by atoms with E-state index in [1.165, 1.54) is 0 Å². The number of carbonyl (C=O) groups excluding carboxylic acids is 2. The van der Waals surface area contributed by atoms with Gasteiger partial charge < -0.3 is 19.8 Å². The molecular formula is C24H25NO5. The molecule has 2 aliphatic rings. The van der Waals surface area contributed by atoms with Crippen LogP contribution in [0, 0.1) is 6.92 Å². The molecule has 1 unspecified atom stereocenters.